The molecule has 0 spiro atoms. The Morgan fingerprint density at radius 3 is 2.18 bits per heavy atom. The van der Waals surface area contributed by atoms with Crippen LogP contribution in [0.4, 0.5) is 5.69 Å². The summed E-state index contributed by atoms with van der Waals surface area (Å²) in [5.41, 5.74) is 3.43. The summed E-state index contributed by atoms with van der Waals surface area (Å²) >= 11 is 1.22. The number of benzene rings is 1. The van der Waals surface area contributed by atoms with Gasteiger partial charge < -0.3 is 31.5 Å². The van der Waals surface area contributed by atoms with Crippen LogP contribution >= 0.6 is 11.3 Å². The molecule has 0 bridgehead atoms. The lowest BCUT2D eigenvalue weighted by Crippen LogP contribution is -2.58. The maximum atomic E-state index is 12.2. The van der Waals surface area contributed by atoms with Gasteiger partial charge in [-0.15, -0.1) is 11.3 Å². The van der Waals surface area contributed by atoms with E-state index in [1.807, 2.05) is 0 Å². The molecule has 2 heterocycles. The van der Waals surface area contributed by atoms with E-state index in [2.05, 4.69) is 10.3 Å². The number of aliphatic carboxylic acids is 4. The highest BCUT2D eigenvalue weighted by atomic mass is 32.1. The van der Waals surface area contributed by atoms with Crippen LogP contribution in [0.3, 0.4) is 0 Å². The standard InChI is InChI=1S/C22H19N3O8S/c23-10-22(13(21(32)33)9-16(28)29)19(12(20(30)31)8-15(26)27)24-17(11-4-2-1-3-5-11)18-14(25-22)6-7-34-18/h1-9,19,25H,10,23H2,(H,26,27)(H,28,29)(H,30,31)(H,32,33). The van der Waals surface area contributed by atoms with Gasteiger partial charge in [0.15, 0.2) is 0 Å². The van der Waals surface area contributed by atoms with Crippen LogP contribution < -0.4 is 11.1 Å². The third-order valence-electron chi connectivity index (χ3n) is 5.13. The number of aliphatic imine (C=N–C) groups is 1. The van der Waals surface area contributed by atoms with E-state index in [9.17, 15) is 39.6 Å². The van der Waals surface area contributed by atoms with E-state index < -0.39 is 53.1 Å². The van der Waals surface area contributed by atoms with E-state index in [4.69, 9.17) is 5.73 Å². The van der Waals surface area contributed by atoms with Crippen LogP contribution in [0.2, 0.25) is 0 Å². The number of hydrogen-bond acceptors (Lipinski definition) is 8. The number of anilines is 1. The van der Waals surface area contributed by atoms with Gasteiger partial charge in [-0.25, -0.2) is 19.2 Å². The highest BCUT2D eigenvalue weighted by Gasteiger charge is 2.50. The highest BCUT2D eigenvalue weighted by molar-refractivity contribution is 7.13. The number of nitrogens with two attached hydrogens (primary N) is 1. The molecular formula is C22H19N3O8S. The van der Waals surface area contributed by atoms with Crippen molar-refractivity contribution in [1.29, 1.82) is 0 Å². The normalized spacial score (nSPS) is 20.4. The van der Waals surface area contributed by atoms with Crippen LogP contribution in [-0.2, 0) is 19.2 Å². The van der Waals surface area contributed by atoms with Crippen molar-refractivity contribution in [3.8, 4) is 0 Å². The van der Waals surface area contributed by atoms with Gasteiger partial charge in [0.1, 0.15) is 11.6 Å². The number of carboxylic acids is 4. The van der Waals surface area contributed by atoms with Crippen LogP contribution in [0, 0.1) is 0 Å². The fourth-order valence-electron chi connectivity index (χ4n) is 3.72. The lowest BCUT2D eigenvalue weighted by molar-refractivity contribution is -0.136. The first-order valence-electron chi connectivity index (χ1n) is 9.66. The minimum Gasteiger partial charge on any atom is -0.478 e. The van der Waals surface area contributed by atoms with Crippen molar-refractivity contribution < 1.29 is 39.6 Å². The van der Waals surface area contributed by atoms with E-state index >= 15 is 0 Å². The van der Waals surface area contributed by atoms with Gasteiger partial charge in [-0.2, -0.15) is 0 Å². The molecule has 12 heteroatoms. The molecule has 0 saturated carbocycles. The van der Waals surface area contributed by atoms with Gasteiger partial charge in [-0.3, -0.25) is 4.99 Å². The average molecular weight is 485 g/mol. The summed E-state index contributed by atoms with van der Waals surface area (Å²) in [4.78, 5) is 52.4. The lowest BCUT2D eigenvalue weighted by atomic mass is 9.78. The molecule has 3 rings (SSSR count). The summed E-state index contributed by atoms with van der Waals surface area (Å²) in [7, 11) is 0. The average Bonchev–Trinajstić information content (AvgIpc) is 3.18. The SMILES string of the molecule is NCC1(C(=CC(=O)O)C(=O)O)Nc2ccsc2C(c2ccccc2)=NC1C(=CC(=O)O)C(=O)O. The number of fused-ring (bicyclic) bond motifs is 1. The van der Waals surface area contributed by atoms with Crippen molar-refractivity contribution in [2.75, 3.05) is 11.9 Å². The topological polar surface area (TPSA) is 200 Å². The van der Waals surface area contributed by atoms with Gasteiger partial charge in [0.25, 0.3) is 0 Å². The molecule has 0 aliphatic carbocycles. The summed E-state index contributed by atoms with van der Waals surface area (Å²) in [5.74, 6) is -6.61. The van der Waals surface area contributed by atoms with Gasteiger partial charge in [-0.05, 0) is 11.4 Å². The van der Waals surface area contributed by atoms with Crippen molar-refractivity contribution in [1.82, 2.24) is 0 Å². The van der Waals surface area contributed by atoms with Crippen molar-refractivity contribution in [2.45, 2.75) is 11.6 Å². The Balaban J connectivity index is 2.48. The minimum atomic E-state index is -2.13. The first kappa shape index (κ1) is 24.4. The number of carboxylic acid groups (broad SMARTS) is 4. The number of nitrogens with zero attached hydrogens (tertiary/aromatic N) is 1. The van der Waals surface area contributed by atoms with Gasteiger partial charge in [0.05, 0.1) is 27.4 Å². The summed E-state index contributed by atoms with van der Waals surface area (Å²) in [6, 6.07) is 8.43. The predicted molar refractivity (Wildman–Crippen MR) is 122 cm³/mol. The molecule has 7 N–H and O–H groups in total. The van der Waals surface area contributed by atoms with Gasteiger partial charge >= 0.3 is 23.9 Å². The maximum Gasteiger partial charge on any atom is 0.334 e. The zero-order chi connectivity index (χ0) is 25.0. The summed E-state index contributed by atoms with van der Waals surface area (Å²) in [6.07, 6.45) is 0.787. The van der Waals surface area contributed by atoms with E-state index in [1.54, 1.807) is 41.8 Å². The van der Waals surface area contributed by atoms with Crippen LogP contribution in [0.1, 0.15) is 10.4 Å². The van der Waals surface area contributed by atoms with E-state index in [0.29, 0.717) is 28.3 Å². The smallest absolute Gasteiger partial charge is 0.334 e. The number of hydrogen-bond donors (Lipinski definition) is 6. The second-order valence-electron chi connectivity index (χ2n) is 7.15. The zero-order valence-corrected chi connectivity index (χ0v) is 18.2. The molecule has 0 fully saturated rings. The fourth-order valence-corrected chi connectivity index (χ4v) is 4.59. The van der Waals surface area contributed by atoms with Gasteiger partial charge in [0.2, 0.25) is 0 Å². The fraction of sp³-hybridized carbons (Fsp3) is 0.136. The maximum absolute atomic E-state index is 12.2. The third kappa shape index (κ3) is 4.58. The third-order valence-corrected chi connectivity index (χ3v) is 6.05. The number of thiophene rings is 1. The molecule has 1 aliphatic heterocycles. The molecule has 0 amide bonds. The predicted octanol–water partition coefficient (Wildman–Crippen LogP) is 1.27. The van der Waals surface area contributed by atoms with Crippen LogP contribution in [0.25, 0.3) is 0 Å². The van der Waals surface area contributed by atoms with E-state index in [-0.39, 0.29) is 5.71 Å². The molecule has 0 saturated heterocycles. The molecule has 1 aliphatic rings. The summed E-state index contributed by atoms with van der Waals surface area (Å²) < 4.78 is 0. The molecule has 2 unspecified atom stereocenters. The van der Waals surface area contributed by atoms with E-state index in [1.165, 1.54) is 11.3 Å². The first-order valence-corrected chi connectivity index (χ1v) is 10.5. The van der Waals surface area contributed by atoms with Crippen molar-refractivity contribution >= 4 is 46.6 Å². The number of carbonyl (C=O) groups is 4. The molecule has 1 aromatic carbocycles. The Labute approximate surface area is 196 Å². The van der Waals surface area contributed by atoms with E-state index in [0.717, 1.165) is 0 Å². The minimum absolute atomic E-state index is 0.260. The highest BCUT2D eigenvalue weighted by Crippen LogP contribution is 2.39. The second kappa shape index (κ2) is 9.68. The Morgan fingerprint density at radius 2 is 1.65 bits per heavy atom. The molecule has 2 atom stereocenters. The number of rotatable bonds is 8. The van der Waals surface area contributed by atoms with Gasteiger partial charge in [0, 0.05) is 24.3 Å². The molecule has 34 heavy (non-hydrogen) atoms. The second-order valence-corrected chi connectivity index (χ2v) is 8.07. The van der Waals surface area contributed by atoms with Gasteiger partial charge in [-0.1, -0.05) is 30.3 Å². The molecular weight excluding hydrogens is 466 g/mol. The summed E-state index contributed by atoms with van der Waals surface area (Å²) in [6.45, 7) is -0.631. The Morgan fingerprint density at radius 1 is 1.00 bits per heavy atom. The molecule has 176 valence electrons. The Hall–Kier alpha value is -4.29. The Kier molecular flexibility index (Phi) is 6.94. The van der Waals surface area contributed by atoms with Crippen LogP contribution in [0.5, 0.6) is 0 Å². The van der Waals surface area contributed by atoms with Crippen molar-refractivity contribution in [3.63, 3.8) is 0 Å². The first-order chi connectivity index (χ1) is 16.1. The lowest BCUT2D eigenvalue weighted by Gasteiger charge is -2.39. The quantitative estimate of drug-likeness (QED) is 0.296. The monoisotopic (exact) mass is 485 g/mol. The Bertz CT molecular complexity index is 1250. The molecule has 2 aromatic rings. The molecule has 11 nitrogen and oxygen atoms in total. The van der Waals surface area contributed by atoms with Crippen molar-refractivity contribution in [3.05, 3.63) is 75.5 Å². The molecule has 1 aromatic heterocycles. The summed E-state index contributed by atoms with van der Waals surface area (Å²) in [5, 5.41) is 43.0. The van der Waals surface area contributed by atoms with Crippen LogP contribution in [-0.4, -0.2) is 68.1 Å². The molecule has 0 radical (unpaired) electrons. The van der Waals surface area contributed by atoms with Crippen LogP contribution in [0.15, 0.2) is 70.1 Å². The number of nitrogens with one attached hydrogen (secondary N) is 1. The zero-order valence-electron chi connectivity index (χ0n) is 17.3. The largest absolute Gasteiger partial charge is 0.478 e. The van der Waals surface area contributed by atoms with Crippen molar-refractivity contribution in [2.24, 2.45) is 10.7 Å².